The first-order valence-corrected chi connectivity index (χ1v) is 8.48. The van der Waals surface area contributed by atoms with Gasteiger partial charge < -0.3 is 0 Å². The lowest BCUT2D eigenvalue weighted by Gasteiger charge is -2.24. The summed E-state index contributed by atoms with van der Waals surface area (Å²) in [4.78, 5) is 0.594. The van der Waals surface area contributed by atoms with Crippen molar-refractivity contribution in [1.82, 2.24) is 0 Å². The fourth-order valence-corrected chi connectivity index (χ4v) is 4.82. The minimum Gasteiger partial charge on any atom is -0.0836 e. The molecular weight excluding hydrogens is 284 g/mol. The number of aryl methyl sites for hydroxylation is 1. The Morgan fingerprint density at radius 2 is 1.78 bits per heavy atom. The molecule has 1 fully saturated rings. The van der Waals surface area contributed by atoms with E-state index in [4.69, 9.17) is 0 Å². The molecule has 2 aliphatic rings. The summed E-state index contributed by atoms with van der Waals surface area (Å²) in [6, 6.07) is 9.05. The van der Waals surface area contributed by atoms with Gasteiger partial charge in [0.2, 0.25) is 0 Å². The first-order valence-electron chi connectivity index (χ1n) is 7.56. The maximum Gasteiger partial charge on any atom is 0.0426 e. The summed E-state index contributed by atoms with van der Waals surface area (Å²) in [5.41, 5.74) is 3.14. The lowest BCUT2D eigenvalue weighted by molar-refractivity contribution is 0.353. The highest BCUT2D eigenvalue weighted by atomic mass is 79.9. The van der Waals surface area contributed by atoms with Crippen molar-refractivity contribution >= 4 is 15.9 Å². The van der Waals surface area contributed by atoms with Crippen molar-refractivity contribution < 1.29 is 0 Å². The Kier molecular flexibility index (Phi) is 4.08. The van der Waals surface area contributed by atoms with E-state index in [0.29, 0.717) is 4.83 Å². The molecular formula is C17H23Br. The van der Waals surface area contributed by atoms with Gasteiger partial charge in [0.05, 0.1) is 0 Å². The molecule has 0 spiro atoms. The van der Waals surface area contributed by atoms with Gasteiger partial charge in [-0.3, -0.25) is 0 Å². The van der Waals surface area contributed by atoms with E-state index in [9.17, 15) is 0 Å². The van der Waals surface area contributed by atoms with Crippen molar-refractivity contribution in [3.8, 4) is 0 Å². The van der Waals surface area contributed by atoms with Crippen LogP contribution in [-0.2, 0) is 6.42 Å². The Morgan fingerprint density at radius 1 is 1.00 bits per heavy atom. The molecule has 0 amide bonds. The topological polar surface area (TPSA) is 0 Å². The Balaban J connectivity index is 1.76. The molecule has 0 bridgehead atoms. The molecule has 98 valence electrons. The van der Waals surface area contributed by atoms with Crippen molar-refractivity contribution in [3.05, 3.63) is 35.4 Å². The highest BCUT2D eigenvalue weighted by molar-refractivity contribution is 9.09. The molecule has 0 radical (unpaired) electrons. The quantitative estimate of drug-likeness (QED) is 0.489. The molecule has 0 aliphatic heterocycles. The lowest BCUT2D eigenvalue weighted by atomic mass is 9.87. The molecule has 1 heteroatoms. The molecule has 0 heterocycles. The zero-order chi connectivity index (χ0) is 12.4. The van der Waals surface area contributed by atoms with Crippen LogP contribution in [0, 0.1) is 11.8 Å². The van der Waals surface area contributed by atoms with Gasteiger partial charge in [-0.1, -0.05) is 65.9 Å². The van der Waals surface area contributed by atoms with Gasteiger partial charge in [-0.2, -0.15) is 0 Å². The third kappa shape index (κ3) is 2.66. The average molecular weight is 307 g/mol. The standard InChI is InChI=1S/C17H23Br/c18-17-15(12-13-6-1-2-7-13)10-5-9-14-8-3-4-11-16(14)17/h3-4,8,11,13,15,17H,1-2,5-7,9-10,12H2. The predicted octanol–water partition coefficient (Wildman–Crippen LogP) is 5.66. The van der Waals surface area contributed by atoms with Crippen molar-refractivity contribution in [1.29, 1.82) is 0 Å². The Bertz CT molecular complexity index is 392. The molecule has 0 aromatic heterocycles. The van der Waals surface area contributed by atoms with Gasteiger partial charge in [0.15, 0.2) is 0 Å². The van der Waals surface area contributed by atoms with Crippen molar-refractivity contribution in [3.63, 3.8) is 0 Å². The second-order valence-corrected chi connectivity index (χ2v) is 7.13. The van der Waals surface area contributed by atoms with Gasteiger partial charge in [-0.25, -0.2) is 0 Å². The van der Waals surface area contributed by atoms with Crippen LogP contribution in [0.25, 0.3) is 0 Å². The van der Waals surface area contributed by atoms with Gasteiger partial charge in [0.1, 0.15) is 0 Å². The maximum atomic E-state index is 4.01. The summed E-state index contributed by atoms with van der Waals surface area (Å²) in [6.45, 7) is 0. The summed E-state index contributed by atoms with van der Waals surface area (Å²) in [5, 5.41) is 0. The van der Waals surface area contributed by atoms with Crippen LogP contribution in [0.3, 0.4) is 0 Å². The number of hydrogen-bond donors (Lipinski definition) is 0. The smallest absolute Gasteiger partial charge is 0.0426 e. The van der Waals surface area contributed by atoms with Crippen LogP contribution >= 0.6 is 15.9 Å². The fourth-order valence-electron chi connectivity index (χ4n) is 3.90. The monoisotopic (exact) mass is 306 g/mol. The van der Waals surface area contributed by atoms with Gasteiger partial charge >= 0.3 is 0 Å². The number of benzene rings is 1. The molecule has 2 unspecified atom stereocenters. The molecule has 18 heavy (non-hydrogen) atoms. The van der Waals surface area contributed by atoms with Crippen LogP contribution in [0.2, 0.25) is 0 Å². The van der Waals surface area contributed by atoms with Gasteiger partial charge in [-0.15, -0.1) is 0 Å². The number of alkyl halides is 1. The second kappa shape index (κ2) is 5.77. The third-order valence-electron chi connectivity index (χ3n) is 4.90. The van der Waals surface area contributed by atoms with E-state index in [1.165, 1.54) is 51.4 Å². The summed E-state index contributed by atoms with van der Waals surface area (Å²) in [5.74, 6) is 1.87. The van der Waals surface area contributed by atoms with E-state index >= 15 is 0 Å². The molecule has 0 N–H and O–H groups in total. The molecule has 2 atom stereocenters. The van der Waals surface area contributed by atoms with Gasteiger partial charge in [-0.05, 0) is 48.6 Å². The molecule has 0 nitrogen and oxygen atoms in total. The van der Waals surface area contributed by atoms with Crippen molar-refractivity contribution in [2.24, 2.45) is 11.8 Å². The van der Waals surface area contributed by atoms with Crippen molar-refractivity contribution in [2.45, 2.75) is 56.2 Å². The summed E-state index contributed by atoms with van der Waals surface area (Å²) >= 11 is 4.01. The number of halogens is 1. The van der Waals surface area contributed by atoms with E-state index in [1.54, 1.807) is 11.1 Å². The SMILES string of the molecule is BrC1c2ccccc2CCCC1CC1CCCC1. The summed E-state index contributed by atoms with van der Waals surface area (Å²) in [6.07, 6.45) is 11.4. The van der Waals surface area contributed by atoms with Gasteiger partial charge in [0.25, 0.3) is 0 Å². The van der Waals surface area contributed by atoms with Crippen LogP contribution in [0.4, 0.5) is 0 Å². The zero-order valence-electron chi connectivity index (χ0n) is 11.1. The Labute approximate surface area is 119 Å². The van der Waals surface area contributed by atoms with Crippen LogP contribution in [0.1, 0.15) is 60.9 Å². The zero-order valence-corrected chi connectivity index (χ0v) is 12.7. The maximum absolute atomic E-state index is 4.01. The van der Waals surface area contributed by atoms with Crippen LogP contribution in [0.5, 0.6) is 0 Å². The highest BCUT2D eigenvalue weighted by Crippen LogP contribution is 2.44. The minimum atomic E-state index is 0.594. The molecule has 1 aromatic rings. The third-order valence-corrected chi connectivity index (χ3v) is 6.14. The number of rotatable bonds is 2. The van der Waals surface area contributed by atoms with Crippen LogP contribution < -0.4 is 0 Å². The van der Waals surface area contributed by atoms with Crippen LogP contribution in [0.15, 0.2) is 24.3 Å². The molecule has 1 saturated carbocycles. The second-order valence-electron chi connectivity index (χ2n) is 6.14. The van der Waals surface area contributed by atoms with Gasteiger partial charge in [0, 0.05) is 4.83 Å². The first-order chi connectivity index (χ1) is 8.84. The van der Waals surface area contributed by atoms with E-state index in [-0.39, 0.29) is 0 Å². The normalized spacial score (nSPS) is 28.9. The van der Waals surface area contributed by atoms with Crippen LogP contribution in [-0.4, -0.2) is 0 Å². The van der Waals surface area contributed by atoms with E-state index < -0.39 is 0 Å². The lowest BCUT2D eigenvalue weighted by Crippen LogP contribution is -2.11. The minimum absolute atomic E-state index is 0.594. The average Bonchev–Trinajstić information content (AvgIpc) is 2.85. The first kappa shape index (κ1) is 12.7. The van der Waals surface area contributed by atoms with Crippen molar-refractivity contribution in [2.75, 3.05) is 0 Å². The largest absolute Gasteiger partial charge is 0.0836 e. The highest BCUT2D eigenvalue weighted by Gasteiger charge is 2.28. The van der Waals surface area contributed by atoms with E-state index in [2.05, 4.69) is 40.2 Å². The molecule has 3 rings (SSSR count). The van der Waals surface area contributed by atoms with E-state index in [1.807, 2.05) is 0 Å². The molecule has 2 aliphatic carbocycles. The summed E-state index contributed by atoms with van der Waals surface area (Å²) < 4.78 is 0. The van der Waals surface area contributed by atoms with E-state index in [0.717, 1.165) is 11.8 Å². The summed E-state index contributed by atoms with van der Waals surface area (Å²) in [7, 11) is 0. The number of hydrogen-bond acceptors (Lipinski definition) is 0. The molecule has 1 aromatic carbocycles. The predicted molar refractivity (Wildman–Crippen MR) is 81.1 cm³/mol. The Hall–Kier alpha value is -0.300. The Morgan fingerprint density at radius 3 is 2.61 bits per heavy atom. The number of fused-ring (bicyclic) bond motifs is 1. The molecule has 0 saturated heterocycles. The fraction of sp³-hybridized carbons (Fsp3) is 0.647.